The van der Waals surface area contributed by atoms with Gasteiger partial charge in [-0.25, -0.2) is 0 Å². The van der Waals surface area contributed by atoms with Crippen molar-refractivity contribution < 1.29 is 5.11 Å². The van der Waals surface area contributed by atoms with Crippen LogP contribution in [0.5, 0.6) is 0 Å². The summed E-state index contributed by atoms with van der Waals surface area (Å²) in [5.41, 5.74) is 7.62. The number of halogens is 1. The number of aliphatic hydroxyl groups is 1. The first kappa shape index (κ1) is 11.7. The Balaban J connectivity index is 2.14. The Morgan fingerprint density at radius 2 is 2.31 bits per heavy atom. The van der Waals surface area contributed by atoms with Gasteiger partial charge in [-0.05, 0) is 31.5 Å². The van der Waals surface area contributed by atoms with Gasteiger partial charge in [0.2, 0.25) is 0 Å². The van der Waals surface area contributed by atoms with Crippen molar-refractivity contribution in [1.82, 2.24) is 4.90 Å². The highest BCUT2D eigenvalue weighted by atomic mass is 35.5. The largest absolute Gasteiger partial charge is 0.398 e. The van der Waals surface area contributed by atoms with Gasteiger partial charge in [0.25, 0.3) is 0 Å². The lowest BCUT2D eigenvalue weighted by molar-refractivity contribution is 0.154. The summed E-state index contributed by atoms with van der Waals surface area (Å²) >= 11 is 6.13. The number of likely N-dealkylation sites (tertiary alicyclic amines) is 1. The van der Waals surface area contributed by atoms with Crippen LogP contribution >= 0.6 is 11.6 Å². The molecule has 0 amide bonds. The van der Waals surface area contributed by atoms with E-state index in [4.69, 9.17) is 17.3 Å². The molecule has 1 heterocycles. The number of anilines is 1. The Kier molecular flexibility index (Phi) is 3.69. The molecular weight excluding hydrogens is 224 g/mol. The van der Waals surface area contributed by atoms with Gasteiger partial charge in [-0.1, -0.05) is 17.7 Å². The Hall–Kier alpha value is -0.770. The predicted octanol–water partition coefficient (Wildman–Crippen LogP) is 1.88. The lowest BCUT2D eigenvalue weighted by Gasteiger charge is -2.23. The van der Waals surface area contributed by atoms with Gasteiger partial charge in [0.05, 0.1) is 6.61 Å². The van der Waals surface area contributed by atoms with E-state index in [1.807, 2.05) is 18.2 Å². The normalized spacial score (nSPS) is 21.5. The minimum atomic E-state index is 0.213. The Morgan fingerprint density at radius 3 is 3.00 bits per heavy atom. The smallest absolute Gasteiger partial charge is 0.0587 e. The molecule has 1 aliphatic rings. The molecule has 1 aromatic rings. The van der Waals surface area contributed by atoms with E-state index in [2.05, 4.69) is 4.90 Å². The summed E-state index contributed by atoms with van der Waals surface area (Å²) in [4.78, 5) is 2.25. The standard InChI is InChI=1S/C12H17ClN2O/c13-11-4-1-5-12(14)10(11)7-15-6-2-3-9(15)8-16/h1,4-5,9,16H,2-3,6-8,14H2. The number of benzene rings is 1. The molecule has 1 aliphatic heterocycles. The van der Waals surface area contributed by atoms with E-state index in [1.54, 1.807) is 0 Å². The fourth-order valence-corrected chi connectivity index (χ4v) is 2.50. The van der Waals surface area contributed by atoms with Gasteiger partial charge in [0.15, 0.2) is 0 Å². The fourth-order valence-electron chi connectivity index (χ4n) is 2.26. The topological polar surface area (TPSA) is 49.5 Å². The zero-order valence-corrected chi connectivity index (χ0v) is 9.95. The summed E-state index contributed by atoms with van der Waals surface area (Å²) in [6.07, 6.45) is 2.19. The highest BCUT2D eigenvalue weighted by Crippen LogP contribution is 2.27. The van der Waals surface area contributed by atoms with Crippen LogP contribution in [0.3, 0.4) is 0 Å². The molecule has 1 fully saturated rings. The van der Waals surface area contributed by atoms with Crippen LogP contribution in [0, 0.1) is 0 Å². The summed E-state index contributed by atoms with van der Waals surface area (Å²) in [5, 5.41) is 9.96. The van der Waals surface area contributed by atoms with Crippen LogP contribution < -0.4 is 5.73 Å². The van der Waals surface area contributed by atoms with Crippen LogP contribution in [-0.4, -0.2) is 29.2 Å². The van der Waals surface area contributed by atoms with Gasteiger partial charge in [-0.15, -0.1) is 0 Å². The molecule has 1 atom stereocenters. The number of aliphatic hydroxyl groups excluding tert-OH is 1. The zero-order chi connectivity index (χ0) is 11.5. The molecule has 0 saturated carbocycles. The van der Waals surface area contributed by atoms with Crippen molar-refractivity contribution in [2.24, 2.45) is 0 Å². The van der Waals surface area contributed by atoms with E-state index in [9.17, 15) is 5.11 Å². The first-order valence-corrected chi connectivity index (χ1v) is 5.98. The highest BCUT2D eigenvalue weighted by Gasteiger charge is 2.24. The molecule has 1 saturated heterocycles. The number of nitrogens with two attached hydrogens (primary N) is 1. The predicted molar refractivity (Wildman–Crippen MR) is 66.4 cm³/mol. The first-order valence-electron chi connectivity index (χ1n) is 5.60. The van der Waals surface area contributed by atoms with Crippen LogP contribution in [-0.2, 0) is 6.54 Å². The van der Waals surface area contributed by atoms with Crippen molar-refractivity contribution in [2.45, 2.75) is 25.4 Å². The molecule has 0 spiro atoms. The Bertz CT molecular complexity index is 350. The van der Waals surface area contributed by atoms with Gasteiger partial charge in [0, 0.05) is 28.9 Å². The molecule has 0 bridgehead atoms. The van der Waals surface area contributed by atoms with Crippen LogP contribution in [0.2, 0.25) is 5.02 Å². The number of nitrogen functional groups attached to an aromatic ring is 1. The van der Waals surface area contributed by atoms with Crippen LogP contribution in [0.15, 0.2) is 18.2 Å². The molecule has 1 aromatic carbocycles. The molecule has 4 heteroatoms. The van der Waals surface area contributed by atoms with Gasteiger partial charge >= 0.3 is 0 Å². The highest BCUT2D eigenvalue weighted by molar-refractivity contribution is 6.31. The van der Waals surface area contributed by atoms with E-state index >= 15 is 0 Å². The molecule has 0 aromatic heterocycles. The quantitative estimate of drug-likeness (QED) is 0.794. The average Bonchev–Trinajstić information content (AvgIpc) is 2.71. The van der Waals surface area contributed by atoms with Crippen molar-refractivity contribution in [2.75, 3.05) is 18.9 Å². The second kappa shape index (κ2) is 5.04. The molecule has 2 rings (SSSR count). The second-order valence-corrected chi connectivity index (χ2v) is 4.66. The first-order chi connectivity index (χ1) is 7.72. The molecule has 3 nitrogen and oxygen atoms in total. The van der Waals surface area contributed by atoms with Gasteiger partial charge < -0.3 is 10.8 Å². The third-order valence-corrected chi connectivity index (χ3v) is 3.58. The van der Waals surface area contributed by atoms with E-state index in [0.717, 1.165) is 37.2 Å². The van der Waals surface area contributed by atoms with Gasteiger partial charge in [0.1, 0.15) is 0 Å². The van der Waals surface area contributed by atoms with Crippen LogP contribution in [0.25, 0.3) is 0 Å². The second-order valence-electron chi connectivity index (χ2n) is 4.26. The molecular formula is C12H17ClN2O. The number of nitrogens with zero attached hydrogens (tertiary/aromatic N) is 1. The molecule has 88 valence electrons. The fraction of sp³-hybridized carbons (Fsp3) is 0.500. The van der Waals surface area contributed by atoms with E-state index in [-0.39, 0.29) is 12.6 Å². The molecule has 0 aliphatic carbocycles. The maximum absolute atomic E-state index is 9.25. The summed E-state index contributed by atoms with van der Waals surface area (Å²) < 4.78 is 0. The van der Waals surface area contributed by atoms with E-state index < -0.39 is 0 Å². The molecule has 1 unspecified atom stereocenters. The Labute approximate surface area is 101 Å². The Morgan fingerprint density at radius 1 is 1.50 bits per heavy atom. The van der Waals surface area contributed by atoms with Crippen molar-refractivity contribution in [3.05, 3.63) is 28.8 Å². The number of hydrogen-bond acceptors (Lipinski definition) is 3. The molecule has 16 heavy (non-hydrogen) atoms. The monoisotopic (exact) mass is 240 g/mol. The van der Waals surface area contributed by atoms with Crippen molar-refractivity contribution >= 4 is 17.3 Å². The van der Waals surface area contributed by atoms with E-state index in [0.29, 0.717) is 5.02 Å². The lowest BCUT2D eigenvalue weighted by Crippen LogP contribution is -2.31. The van der Waals surface area contributed by atoms with Crippen molar-refractivity contribution in [1.29, 1.82) is 0 Å². The molecule has 3 N–H and O–H groups in total. The van der Waals surface area contributed by atoms with Crippen molar-refractivity contribution in [3.8, 4) is 0 Å². The number of hydrogen-bond donors (Lipinski definition) is 2. The minimum Gasteiger partial charge on any atom is -0.398 e. The SMILES string of the molecule is Nc1cccc(Cl)c1CN1CCCC1CO. The van der Waals surface area contributed by atoms with Crippen molar-refractivity contribution in [3.63, 3.8) is 0 Å². The third-order valence-electron chi connectivity index (χ3n) is 3.23. The van der Waals surface area contributed by atoms with Crippen LogP contribution in [0.4, 0.5) is 5.69 Å². The van der Waals surface area contributed by atoms with Gasteiger partial charge in [-0.2, -0.15) is 0 Å². The third kappa shape index (κ3) is 2.32. The summed E-state index contributed by atoms with van der Waals surface area (Å²) in [7, 11) is 0. The maximum atomic E-state index is 9.25. The average molecular weight is 241 g/mol. The minimum absolute atomic E-state index is 0.213. The van der Waals surface area contributed by atoms with Gasteiger partial charge in [-0.3, -0.25) is 4.90 Å². The lowest BCUT2D eigenvalue weighted by atomic mass is 10.1. The summed E-state index contributed by atoms with van der Waals surface area (Å²) in [5.74, 6) is 0. The maximum Gasteiger partial charge on any atom is 0.0587 e. The molecule has 0 radical (unpaired) electrons. The number of rotatable bonds is 3. The zero-order valence-electron chi connectivity index (χ0n) is 9.19. The summed E-state index contributed by atoms with van der Waals surface area (Å²) in [6, 6.07) is 5.84. The summed E-state index contributed by atoms with van der Waals surface area (Å²) in [6.45, 7) is 1.96. The van der Waals surface area contributed by atoms with Crippen LogP contribution in [0.1, 0.15) is 18.4 Å². The van der Waals surface area contributed by atoms with E-state index in [1.165, 1.54) is 0 Å².